The van der Waals surface area contributed by atoms with Gasteiger partial charge in [0.15, 0.2) is 35.4 Å². The molecule has 1 amide bonds. The highest BCUT2D eigenvalue weighted by Gasteiger charge is 2.22. The number of hydrogen-bond acceptors (Lipinski definition) is 8. The van der Waals surface area contributed by atoms with Gasteiger partial charge in [0.2, 0.25) is 6.79 Å². The van der Waals surface area contributed by atoms with E-state index in [1.54, 1.807) is 48.5 Å². The molecule has 0 radical (unpaired) electrons. The Balaban J connectivity index is 1.21. The van der Waals surface area contributed by atoms with Gasteiger partial charge in [-0.05, 0) is 42.0 Å². The number of ketones is 1. The Hall–Kier alpha value is -4.53. The van der Waals surface area contributed by atoms with Crippen LogP contribution in [0.4, 0.5) is 0 Å². The smallest absolute Gasteiger partial charge is 0.339 e. The van der Waals surface area contributed by atoms with E-state index in [9.17, 15) is 14.4 Å². The molecule has 9 nitrogen and oxygen atoms in total. The first-order valence-electron chi connectivity index (χ1n) is 10.9. The normalized spacial score (nSPS) is 13.1. The Morgan fingerprint density at radius 1 is 0.771 bits per heavy atom. The lowest BCUT2D eigenvalue weighted by atomic mass is 9.98. The van der Waals surface area contributed by atoms with Crippen LogP contribution >= 0.6 is 0 Å². The Labute approximate surface area is 200 Å². The molecular weight excluding hydrogens is 454 g/mol. The maximum atomic E-state index is 13.1. The number of nitrogens with one attached hydrogen (secondary N) is 1. The lowest BCUT2D eigenvalue weighted by Crippen LogP contribution is -2.28. The summed E-state index contributed by atoms with van der Waals surface area (Å²) in [4.78, 5) is 38.1. The molecule has 3 aromatic carbocycles. The second-order valence-corrected chi connectivity index (χ2v) is 7.77. The zero-order chi connectivity index (χ0) is 24.2. The second kappa shape index (κ2) is 9.76. The largest absolute Gasteiger partial charge is 0.486 e. The van der Waals surface area contributed by atoms with Crippen LogP contribution in [0, 0.1) is 0 Å². The lowest BCUT2D eigenvalue weighted by molar-refractivity contribution is -0.124. The molecule has 0 spiro atoms. The highest BCUT2D eigenvalue weighted by molar-refractivity contribution is 6.14. The van der Waals surface area contributed by atoms with Crippen LogP contribution in [-0.4, -0.2) is 44.3 Å². The van der Waals surface area contributed by atoms with Crippen molar-refractivity contribution < 1.29 is 38.1 Å². The third-order valence-corrected chi connectivity index (χ3v) is 5.46. The number of benzene rings is 3. The number of fused-ring (bicyclic) bond motifs is 2. The molecule has 178 valence electrons. The molecule has 3 aromatic rings. The Kier molecular flexibility index (Phi) is 6.21. The molecule has 0 unspecified atom stereocenters. The minimum absolute atomic E-state index is 0.0657. The maximum absolute atomic E-state index is 13.1. The van der Waals surface area contributed by atoms with Gasteiger partial charge in [0, 0.05) is 17.7 Å². The van der Waals surface area contributed by atoms with Gasteiger partial charge in [-0.2, -0.15) is 0 Å². The van der Waals surface area contributed by atoms with E-state index in [4.69, 9.17) is 23.7 Å². The summed E-state index contributed by atoms with van der Waals surface area (Å²) < 4.78 is 26.8. The van der Waals surface area contributed by atoms with Gasteiger partial charge in [-0.15, -0.1) is 0 Å². The van der Waals surface area contributed by atoms with Crippen molar-refractivity contribution in [2.24, 2.45) is 0 Å². The Morgan fingerprint density at radius 3 is 2.31 bits per heavy atom. The van der Waals surface area contributed by atoms with Crippen molar-refractivity contribution in [1.82, 2.24) is 5.32 Å². The van der Waals surface area contributed by atoms with Gasteiger partial charge >= 0.3 is 5.97 Å². The zero-order valence-electron chi connectivity index (χ0n) is 18.6. The summed E-state index contributed by atoms with van der Waals surface area (Å²) >= 11 is 0. The average molecular weight is 475 g/mol. The van der Waals surface area contributed by atoms with Crippen LogP contribution in [0.5, 0.6) is 23.0 Å². The molecule has 35 heavy (non-hydrogen) atoms. The molecule has 0 saturated heterocycles. The van der Waals surface area contributed by atoms with Crippen molar-refractivity contribution in [1.29, 1.82) is 0 Å². The lowest BCUT2D eigenvalue weighted by Gasteiger charge is -2.18. The number of ether oxygens (including phenoxy) is 5. The third kappa shape index (κ3) is 4.89. The zero-order valence-corrected chi connectivity index (χ0v) is 18.6. The van der Waals surface area contributed by atoms with Crippen LogP contribution < -0.4 is 24.3 Å². The molecular formula is C26H21NO8. The van der Waals surface area contributed by atoms with Crippen molar-refractivity contribution in [3.05, 3.63) is 82.9 Å². The van der Waals surface area contributed by atoms with Gasteiger partial charge in [-0.1, -0.05) is 24.3 Å². The Bertz CT molecular complexity index is 1300. The van der Waals surface area contributed by atoms with E-state index in [-0.39, 0.29) is 30.2 Å². The topological polar surface area (TPSA) is 109 Å². The molecule has 0 atom stereocenters. The highest BCUT2D eigenvalue weighted by Crippen LogP contribution is 2.33. The minimum Gasteiger partial charge on any atom is -0.486 e. The van der Waals surface area contributed by atoms with Crippen LogP contribution in [0.2, 0.25) is 0 Å². The predicted octanol–water partition coefficient (Wildman–Crippen LogP) is 2.89. The van der Waals surface area contributed by atoms with E-state index < -0.39 is 18.5 Å². The summed E-state index contributed by atoms with van der Waals surface area (Å²) in [5, 5.41) is 2.68. The fraction of sp³-hybridized carbons (Fsp3) is 0.192. The molecule has 2 heterocycles. The predicted molar refractivity (Wildman–Crippen MR) is 122 cm³/mol. The summed E-state index contributed by atoms with van der Waals surface area (Å²) in [6.07, 6.45) is 0. The first-order valence-corrected chi connectivity index (χ1v) is 10.9. The molecule has 0 fully saturated rings. The molecule has 0 bridgehead atoms. The van der Waals surface area contributed by atoms with Crippen LogP contribution in [0.1, 0.15) is 31.8 Å². The molecule has 5 rings (SSSR count). The van der Waals surface area contributed by atoms with Crippen LogP contribution in [0.25, 0.3) is 0 Å². The minimum atomic E-state index is -0.773. The molecule has 0 saturated carbocycles. The molecule has 1 N–H and O–H groups in total. The van der Waals surface area contributed by atoms with Crippen molar-refractivity contribution in [2.45, 2.75) is 6.54 Å². The SMILES string of the molecule is O=C(COC(=O)c1ccccc1C(=O)c1ccc2c(c1)OCCO2)NCc1ccc2c(c1)OCO2. The van der Waals surface area contributed by atoms with Crippen molar-refractivity contribution in [3.63, 3.8) is 0 Å². The number of hydrogen-bond donors (Lipinski definition) is 1. The first-order chi connectivity index (χ1) is 17.1. The number of carbonyl (C=O) groups excluding carboxylic acids is 3. The summed E-state index contributed by atoms with van der Waals surface area (Å²) in [5.74, 6) is 0.674. The summed E-state index contributed by atoms with van der Waals surface area (Å²) in [6.45, 7) is 0.741. The van der Waals surface area contributed by atoms with Crippen LogP contribution in [-0.2, 0) is 16.1 Å². The van der Waals surface area contributed by atoms with Crippen LogP contribution in [0.3, 0.4) is 0 Å². The average Bonchev–Trinajstić information content (AvgIpc) is 3.38. The Morgan fingerprint density at radius 2 is 1.46 bits per heavy atom. The van der Waals surface area contributed by atoms with Gasteiger partial charge in [0.25, 0.3) is 5.91 Å². The van der Waals surface area contributed by atoms with E-state index >= 15 is 0 Å². The van der Waals surface area contributed by atoms with Gasteiger partial charge in [0.05, 0.1) is 5.56 Å². The third-order valence-electron chi connectivity index (χ3n) is 5.46. The maximum Gasteiger partial charge on any atom is 0.339 e. The van der Waals surface area contributed by atoms with Crippen LogP contribution in [0.15, 0.2) is 60.7 Å². The fourth-order valence-electron chi connectivity index (χ4n) is 3.71. The first kappa shape index (κ1) is 22.3. The van der Waals surface area contributed by atoms with E-state index in [0.717, 1.165) is 5.56 Å². The molecule has 2 aliphatic heterocycles. The van der Waals surface area contributed by atoms with Crippen molar-refractivity contribution >= 4 is 17.7 Å². The number of rotatable bonds is 7. The van der Waals surface area contributed by atoms with E-state index in [1.807, 2.05) is 0 Å². The summed E-state index contributed by atoms with van der Waals surface area (Å²) in [5.41, 5.74) is 1.38. The quantitative estimate of drug-likeness (QED) is 0.410. The van der Waals surface area contributed by atoms with Gasteiger partial charge in [-0.3, -0.25) is 9.59 Å². The van der Waals surface area contributed by atoms with Gasteiger partial charge < -0.3 is 29.0 Å². The second-order valence-electron chi connectivity index (χ2n) is 7.77. The fourth-order valence-corrected chi connectivity index (χ4v) is 3.71. The van der Waals surface area contributed by atoms with Crippen molar-refractivity contribution in [3.8, 4) is 23.0 Å². The van der Waals surface area contributed by atoms with E-state index in [0.29, 0.717) is 41.8 Å². The molecule has 2 aliphatic rings. The summed E-state index contributed by atoms with van der Waals surface area (Å²) in [7, 11) is 0. The summed E-state index contributed by atoms with van der Waals surface area (Å²) in [6, 6.07) is 16.5. The van der Waals surface area contributed by atoms with Gasteiger partial charge in [-0.25, -0.2) is 4.79 Å². The number of amides is 1. The number of carbonyl (C=O) groups is 3. The standard InChI is InChI=1S/C26H21NO8/c28-24(27-13-16-5-7-21-22(11-16)35-15-34-21)14-33-26(30)19-4-2-1-3-18(19)25(29)17-6-8-20-23(12-17)32-10-9-31-20/h1-8,11-12H,9-10,13-15H2,(H,27,28). The van der Waals surface area contributed by atoms with E-state index in [2.05, 4.69) is 5.32 Å². The van der Waals surface area contributed by atoms with Crippen molar-refractivity contribution in [2.75, 3.05) is 26.6 Å². The molecule has 0 aliphatic carbocycles. The van der Waals surface area contributed by atoms with E-state index in [1.165, 1.54) is 12.1 Å². The monoisotopic (exact) mass is 475 g/mol. The number of esters is 1. The molecule has 9 heteroatoms. The molecule has 0 aromatic heterocycles. The highest BCUT2D eigenvalue weighted by atomic mass is 16.7. The van der Waals surface area contributed by atoms with Gasteiger partial charge in [0.1, 0.15) is 13.2 Å².